The number of amides is 1. The Labute approximate surface area is 140 Å². The summed E-state index contributed by atoms with van der Waals surface area (Å²) >= 11 is 0. The molecule has 8 heteroatoms. The Kier molecular flexibility index (Phi) is 4.26. The second kappa shape index (κ2) is 6.39. The van der Waals surface area contributed by atoms with Gasteiger partial charge >= 0.3 is 6.18 Å². The molecule has 0 saturated heterocycles. The van der Waals surface area contributed by atoms with E-state index in [-0.39, 0.29) is 17.1 Å². The fraction of sp³-hybridized carbons (Fsp3) is 0.118. The summed E-state index contributed by atoms with van der Waals surface area (Å²) in [5.74, 6) is -0.0823. The molecule has 0 spiro atoms. The van der Waals surface area contributed by atoms with Gasteiger partial charge in [-0.2, -0.15) is 13.2 Å². The first-order chi connectivity index (χ1) is 11.8. The molecule has 5 nitrogen and oxygen atoms in total. The Morgan fingerprint density at radius 2 is 1.84 bits per heavy atom. The number of hydrogen-bond donors (Lipinski definition) is 1. The van der Waals surface area contributed by atoms with Gasteiger partial charge in [0, 0.05) is 12.6 Å². The van der Waals surface area contributed by atoms with Crippen molar-refractivity contribution >= 4 is 11.6 Å². The van der Waals surface area contributed by atoms with Crippen LogP contribution < -0.4 is 5.32 Å². The summed E-state index contributed by atoms with van der Waals surface area (Å²) in [7, 11) is 0. The maximum Gasteiger partial charge on any atom is 0.416 e. The molecule has 1 amide bonds. The molecule has 3 aromatic rings. The zero-order chi connectivity index (χ0) is 18.0. The highest BCUT2D eigenvalue weighted by Gasteiger charge is 2.30. The molecular formula is C17H12F3N3O2. The van der Waals surface area contributed by atoms with Gasteiger partial charge in [-0.05, 0) is 30.3 Å². The lowest BCUT2D eigenvalue weighted by Crippen LogP contribution is -2.14. The van der Waals surface area contributed by atoms with Gasteiger partial charge in [-0.15, -0.1) is 10.2 Å². The van der Waals surface area contributed by atoms with Gasteiger partial charge in [-0.1, -0.05) is 18.2 Å². The molecule has 0 radical (unpaired) electrons. The SMILES string of the molecule is Cc1nnc(-c2ccccc2C(=O)Nc2cccc(C(F)(F)F)c2)o1. The summed E-state index contributed by atoms with van der Waals surface area (Å²) in [4.78, 5) is 12.5. The number of nitrogens with one attached hydrogen (secondary N) is 1. The minimum absolute atomic E-state index is 0.0383. The largest absolute Gasteiger partial charge is 0.421 e. The Bertz CT molecular complexity index is 919. The highest BCUT2D eigenvalue weighted by Crippen LogP contribution is 2.31. The summed E-state index contributed by atoms with van der Waals surface area (Å²) in [6.07, 6.45) is -4.49. The van der Waals surface area contributed by atoms with Crippen molar-refractivity contribution in [1.29, 1.82) is 0 Å². The number of anilines is 1. The van der Waals surface area contributed by atoms with Crippen molar-refractivity contribution in [3.8, 4) is 11.5 Å². The van der Waals surface area contributed by atoms with Crippen molar-refractivity contribution in [1.82, 2.24) is 10.2 Å². The van der Waals surface area contributed by atoms with Crippen LogP contribution in [0.15, 0.2) is 52.9 Å². The highest BCUT2D eigenvalue weighted by molar-refractivity contribution is 6.08. The predicted octanol–water partition coefficient (Wildman–Crippen LogP) is 4.32. The van der Waals surface area contributed by atoms with Crippen LogP contribution in [-0.2, 0) is 6.18 Å². The first-order valence-corrected chi connectivity index (χ1v) is 7.23. The number of aromatic nitrogens is 2. The third-order valence-electron chi connectivity index (χ3n) is 3.38. The van der Waals surface area contributed by atoms with E-state index in [1.165, 1.54) is 18.2 Å². The molecule has 0 bridgehead atoms. The first-order valence-electron chi connectivity index (χ1n) is 7.23. The first kappa shape index (κ1) is 16.7. The molecule has 0 aliphatic heterocycles. The Balaban J connectivity index is 1.90. The molecule has 128 valence electrons. The molecule has 1 aromatic heterocycles. The van der Waals surface area contributed by atoms with E-state index in [9.17, 15) is 18.0 Å². The Morgan fingerprint density at radius 3 is 2.52 bits per heavy atom. The maximum atomic E-state index is 12.8. The molecule has 25 heavy (non-hydrogen) atoms. The van der Waals surface area contributed by atoms with Crippen LogP contribution in [0.25, 0.3) is 11.5 Å². The fourth-order valence-electron chi connectivity index (χ4n) is 2.24. The van der Waals surface area contributed by atoms with E-state index in [1.807, 2.05) is 0 Å². The fourth-order valence-corrected chi connectivity index (χ4v) is 2.24. The monoisotopic (exact) mass is 347 g/mol. The van der Waals surface area contributed by atoms with Gasteiger partial charge in [0.25, 0.3) is 5.91 Å². The van der Waals surface area contributed by atoms with Gasteiger partial charge in [0.2, 0.25) is 11.8 Å². The van der Waals surface area contributed by atoms with Crippen LogP contribution in [0.3, 0.4) is 0 Å². The minimum Gasteiger partial charge on any atom is -0.421 e. The summed E-state index contributed by atoms with van der Waals surface area (Å²) in [6.45, 7) is 1.61. The molecule has 1 heterocycles. The van der Waals surface area contributed by atoms with Crippen LogP contribution >= 0.6 is 0 Å². The van der Waals surface area contributed by atoms with E-state index in [4.69, 9.17) is 4.42 Å². The number of carbonyl (C=O) groups excluding carboxylic acids is 1. The third kappa shape index (κ3) is 3.68. The van der Waals surface area contributed by atoms with Gasteiger partial charge in [0.05, 0.1) is 16.7 Å². The number of halogens is 3. The van der Waals surface area contributed by atoms with E-state index in [2.05, 4.69) is 15.5 Å². The zero-order valence-corrected chi connectivity index (χ0v) is 13.0. The average Bonchev–Trinajstić information content (AvgIpc) is 3.01. The normalized spacial score (nSPS) is 11.4. The molecule has 2 aromatic carbocycles. The lowest BCUT2D eigenvalue weighted by atomic mass is 10.1. The van der Waals surface area contributed by atoms with Gasteiger partial charge < -0.3 is 9.73 Å². The Hall–Kier alpha value is -3.16. The van der Waals surface area contributed by atoms with Gasteiger partial charge in [0.1, 0.15) is 0 Å². The van der Waals surface area contributed by atoms with Crippen LogP contribution in [0.4, 0.5) is 18.9 Å². The van der Waals surface area contributed by atoms with Crippen molar-refractivity contribution in [2.45, 2.75) is 13.1 Å². The average molecular weight is 347 g/mol. The molecule has 0 aliphatic carbocycles. The number of benzene rings is 2. The molecule has 0 atom stereocenters. The smallest absolute Gasteiger partial charge is 0.416 e. The van der Waals surface area contributed by atoms with Crippen molar-refractivity contribution in [3.05, 3.63) is 65.5 Å². The van der Waals surface area contributed by atoms with Crippen molar-refractivity contribution < 1.29 is 22.4 Å². The quantitative estimate of drug-likeness (QED) is 0.766. The van der Waals surface area contributed by atoms with E-state index in [0.29, 0.717) is 11.5 Å². The van der Waals surface area contributed by atoms with Gasteiger partial charge in [-0.3, -0.25) is 4.79 Å². The molecular weight excluding hydrogens is 335 g/mol. The number of aryl methyl sites for hydroxylation is 1. The lowest BCUT2D eigenvalue weighted by molar-refractivity contribution is -0.137. The van der Waals surface area contributed by atoms with Crippen LogP contribution in [0.1, 0.15) is 21.8 Å². The van der Waals surface area contributed by atoms with Crippen LogP contribution in [0, 0.1) is 6.92 Å². The van der Waals surface area contributed by atoms with Crippen LogP contribution in [-0.4, -0.2) is 16.1 Å². The van der Waals surface area contributed by atoms with Crippen LogP contribution in [0.2, 0.25) is 0 Å². The predicted molar refractivity (Wildman–Crippen MR) is 83.9 cm³/mol. The third-order valence-corrected chi connectivity index (χ3v) is 3.38. The van der Waals surface area contributed by atoms with E-state index in [0.717, 1.165) is 12.1 Å². The van der Waals surface area contributed by atoms with E-state index < -0.39 is 17.6 Å². The second-order valence-electron chi connectivity index (χ2n) is 5.20. The molecule has 0 fully saturated rings. The lowest BCUT2D eigenvalue weighted by Gasteiger charge is -2.11. The van der Waals surface area contributed by atoms with Gasteiger partial charge in [-0.25, -0.2) is 0 Å². The minimum atomic E-state index is -4.49. The van der Waals surface area contributed by atoms with Crippen LogP contribution in [0.5, 0.6) is 0 Å². The number of hydrogen-bond acceptors (Lipinski definition) is 4. The molecule has 3 rings (SSSR count). The summed E-state index contributed by atoms with van der Waals surface area (Å²) < 4.78 is 43.7. The number of carbonyl (C=O) groups is 1. The Morgan fingerprint density at radius 1 is 1.08 bits per heavy atom. The highest BCUT2D eigenvalue weighted by atomic mass is 19.4. The number of rotatable bonds is 3. The standard InChI is InChI=1S/C17H12F3N3O2/c1-10-22-23-16(25-10)14-8-3-2-7-13(14)15(24)21-12-6-4-5-11(9-12)17(18,19)20/h2-9H,1H3,(H,21,24). The summed E-state index contributed by atoms with van der Waals surface area (Å²) in [6, 6.07) is 10.9. The van der Waals surface area contributed by atoms with Crippen molar-refractivity contribution in [2.75, 3.05) is 5.32 Å². The van der Waals surface area contributed by atoms with Crippen molar-refractivity contribution in [3.63, 3.8) is 0 Å². The number of alkyl halides is 3. The number of nitrogens with zero attached hydrogens (tertiary/aromatic N) is 2. The second-order valence-corrected chi connectivity index (χ2v) is 5.20. The molecule has 0 aliphatic rings. The molecule has 0 saturated carbocycles. The topological polar surface area (TPSA) is 68.0 Å². The van der Waals surface area contributed by atoms with E-state index >= 15 is 0 Å². The van der Waals surface area contributed by atoms with E-state index in [1.54, 1.807) is 25.1 Å². The van der Waals surface area contributed by atoms with Crippen molar-refractivity contribution in [2.24, 2.45) is 0 Å². The van der Waals surface area contributed by atoms with Gasteiger partial charge in [0.15, 0.2) is 0 Å². The maximum absolute atomic E-state index is 12.8. The molecule has 0 unspecified atom stereocenters. The zero-order valence-electron chi connectivity index (χ0n) is 13.0. The molecule has 1 N–H and O–H groups in total. The summed E-state index contributed by atoms with van der Waals surface area (Å²) in [5.41, 5.74) is -0.196. The summed E-state index contributed by atoms with van der Waals surface area (Å²) in [5, 5.41) is 10.0.